The van der Waals surface area contributed by atoms with Gasteiger partial charge < -0.3 is 23.5 Å². The van der Waals surface area contributed by atoms with Gasteiger partial charge in [0.05, 0.1) is 0 Å². The van der Waals surface area contributed by atoms with Crippen LogP contribution >= 0.6 is 0 Å². The third-order valence-corrected chi connectivity index (χ3v) is 6.36. The van der Waals surface area contributed by atoms with Gasteiger partial charge in [0.2, 0.25) is 11.8 Å². The lowest BCUT2D eigenvalue weighted by molar-refractivity contribution is -0.131. The fourth-order valence-electron chi connectivity index (χ4n) is 2.08. The third-order valence-electron chi connectivity index (χ3n) is 3.52. The van der Waals surface area contributed by atoms with Crippen LogP contribution in [0.4, 0.5) is 0 Å². The summed E-state index contributed by atoms with van der Waals surface area (Å²) in [6.07, 6.45) is 1.63. The molecule has 8 heteroatoms. The Balaban J connectivity index is 4.36. The highest BCUT2D eigenvalue weighted by Crippen LogP contribution is 2.15. The Morgan fingerprint density at radius 2 is 1.59 bits per heavy atom. The van der Waals surface area contributed by atoms with E-state index in [-0.39, 0.29) is 11.8 Å². The van der Waals surface area contributed by atoms with E-state index in [0.717, 1.165) is 6.42 Å². The van der Waals surface area contributed by atoms with Gasteiger partial charge in [-0.25, -0.2) is 0 Å². The number of hydrogen-bond acceptors (Lipinski definition) is 5. The molecule has 0 aromatic rings. The molecule has 0 rings (SSSR count). The standard InChI is InChI=1S/C14H30N2O5Si/c1-6-13(17)15-9-11-16(14(18)7-2)10-8-12-22(19-3,20-4)21-5/h6-12H2,1-5H3,(H,15,17). The Hall–Kier alpha value is -0.963. The molecule has 0 fully saturated rings. The number of amides is 2. The molecule has 2 amide bonds. The number of rotatable bonds is 12. The molecule has 0 heterocycles. The summed E-state index contributed by atoms with van der Waals surface area (Å²) in [7, 11) is 2.14. The average Bonchev–Trinajstić information content (AvgIpc) is 2.56. The van der Waals surface area contributed by atoms with Crippen molar-refractivity contribution in [3.63, 3.8) is 0 Å². The van der Waals surface area contributed by atoms with Crippen LogP contribution in [0.15, 0.2) is 0 Å². The summed E-state index contributed by atoms with van der Waals surface area (Å²) < 4.78 is 16.1. The largest absolute Gasteiger partial charge is 0.500 e. The van der Waals surface area contributed by atoms with E-state index in [9.17, 15) is 9.59 Å². The van der Waals surface area contributed by atoms with Gasteiger partial charge in [-0.2, -0.15) is 0 Å². The van der Waals surface area contributed by atoms with E-state index in [0.29, 0.717) is 38.5 Å². The maximum absolute atomic E-state index is 12.0. The molecule has 0 atom stereocenters. The van der Waals surface area contributed by atoms with Crippen LogP contribution in [0.25, 0.3) is 0 Å². The molecule has 0 unspecified atom stereocenters. The quantitative estimate of drug-likeness (QED) is 0.539. The predicted molar refractivity (Wildman–Crippen MR) is 86.4 cm³/mol. The van der Waals surface area contributed by atoms with Crippen LogP contribution in [0.3, 0.4) is 0 Å². The number of nitrogens with zero attached hydrogens (tertiary/aromatic N) is 1. The van der Waals surface area contributed by atoms with Crippen LogP contribution in [0.2, 0.25) is 6.04 Å². The van der Waals surface area contributed by atoms with Crippen LogP contribution in [0.1, 0.15) is 33.1 Å². The lowest BCUT2D eigenvalue weighted by Gasteiger charge is -2.27. The van der Waals surface area contributed by atoms with Gasteiger partial charge in [-0.05, 0) is 6.42 Å². The summed E-state index contributed by atoms with van der Waals surface area (Å²) in [5, 5.41) is 2.78. The number of carbonyl (C=O) groups excluding carboxylic acids is 2. The van der Waals surface area contributed by atoms with E-state index in [1.807, 2.05) is 6.92 Å². The zero-order chi connectivity index (χ0) is 17.0. The molecular weight excluding hydrogens is 304 g/mol. The minimum atomic E-state index is -2.59. The Morgan fingerprint density at radius 1 is 1.00 bits per heavy atom. The van der Waals surface area contributed by atoms with Gasteiger partial charge in [0, 0.05) is 59.8 Å². The SMILES string of the molecule is CCC(=O)NCCN(CCC[Si](OC)(OC)OC)C(=O)CC. The van der Waals surface area contributed by atoms with Crippen molar-refractivity contribution in [2.24, 2.45) is 0 Å². The van der Waals surface area contributed by atoms with Crippen molar-refractivity contribution in [2.45, 2.75) is 39.2 Å². The van der Waals surface area contributed by atoms with E-state index >= 15 is 0 Å². The second kappa shape index (κ2) is 11.6. The highest BCUT2D eigenvalue weighted by atomic mass is 28.4. The molecule has 0 aliphatic heterocycles. The average molecular weight is 334 g/mol. The normalized spacial score (nSPS) is 11.3. The Kier molecular flexibility index (Phi) is 11.1. The van der Waals surface area contributed by atoms with Crippen LogP contribution in [-0.4, -0.2) is 66.5 Å². The monoisotopic (exact) mass is 334 g/mol. The zero-order valence-electron chi connectivity index (χ0n) is 14.4. The van der Waals surface area contributed by atoms with Crippen LogP contribution < -0.4 is 5.32 Å². The summed E-state index contributed by atoms with van der Waals surface area (Å²) in [6, 6.07) is 0.644. The van der Waals surface area contributed by atoms with Gasteiger partial charge in [0.25, 0.3) is 0 Å². The summed E-state index contributed by atoms with van der Waals surface area (Å²) in [5.41, 5.74) is 0. The van der Waals surface area contributed by atoms with Gasteiger partial charge in [-0.15, -0.1) is 0 Å². The van der Waals surface area contributed by atoms with Crippen molar-refractivity contribution >= 4 is 20.6 Å². The Morgan fingerprint density at radius 3 is 2.05 bits per heavy atom. The van der Waals surface area contributed by atoms with Crippen LogP contribution in [-0.2, 0) is 22.9 Å². The first-order chi connectivity index (χ1) is 10.5. The van der Waals surface area contributed by atoms with E-state index in [1.54, 1.807) is 33.2 Å². The fraction of sp³-hybridized carbons (Fsp3) is 0.857. The van der Waals surface area contributed by atoms with Crippen molar-refractivity contribution in [1.29, 1.82) is 0 Å². The second-order valence-corrected chi connectivity index (χ2v) is 7.93. The molecule has 0 aromatic heterocycles. The van der Waals surface area contributed by atoms with Crippen molar-refractivity contribution in [3.8, 4) is 0 Å². The van der Waals surface area contributed by atoms with E-state index < -0.39 is 8.80 Å². The topological polar surface area (TPSA) is 77.1 Å². The molecule has 0 aromatic carbocycles. The zero-order valence-corrected chi connectivity index (χ0v) is 15.4. The minimum Gasteiger partial charge on any atom is -0.377 e. The fourth-order valence-corrected chi connectivity index (χ4v) is 3.79. The Bertz CT molecular complexity index is 329. The highest BCUT2D eigenvalue weighted by Gasteiger charge is 2.37. The van der Waals surface area contributed by atoms with Gasteiger partial charge in [-0.3, -0.25) is 9.59 Å². The summed E-state index contributed by atoms with van der Waals surface area (Å²) in [5.74, 6) is 0.0683. The first-order valence-corrected chi connectivity index (χ1v) is 9.61. The van der Waals surface area contributed by atoms with Gasteiger partial charge in [0.1, 0.15) is 0 Å². The van der Waals surface area contributed by atoms with Crippen LogP contribution in [0, 0.1) is 0 Å². The van der Waals surface area contributed by atoms with Gasteiger partial charge >= 0.3 is 8.80 Å². The maximum atomic E-state index is 12.0. The van der Waals surface area contributed by atoms with E-state index in [4.69, 9.17) is 13.3 Å². The maximum Gasteiger partial charge on any atom is 0.500 e. The molecular formula is C14H30N2O5Si. The van der Waals surface area contributed by atoms with Gasteiger partial charge in [0.15, 0.2) is 0 Å². The molecule has 0 saturated heterocycles. The molecule has 0 aliphatic carbocycles. The van der Waals surface area contributed by atoms with Crippen molar-refractivity contribution in [1.82, 2.24) is 10.2 Å². The molecule has 7 nitrogen and oxygen atoms in total. The number of hydrogen-bond donors (Lipinski definition) is 1. The molecule has 0 aliphatic rings. The number of nitrogens with one attached hydrogen (secondary N) is 1. The van der Waals surface area contributed by atoms with E-state index in [2.05, 4.69) is 5.32 Å². The van der Waals surface area contributed by atoms with Crippen molar-refractivity contribution in [2.75, 3.05) is 41.0 Å². The molecule has 0 saturated carbocycles. The molecule has 0 bridgehead atoms. The third kappa shape index (κ3) is 7.35. The molecule has 1 N–H and O–H groups in total. The second-order valence-electron chi connectivity index (χ2n) is 4.84. The molecule has 22 heavy (non-hydrogen) atoms. The summed E-state index contributed by atoms with van der Waals surface area (Å²) >= 11 is 0. The minimum absolute atomic E-state index is 0.00605. The molecule has 0 radical (unpaired) electrons. The van der Waals surface area contributed by atoms with Crippen molar-refractivity contribution < 1.29 is 22.9 Å². The lowest BCUT2D eigenvalue weighted by Crippen LogP contribution is -2.44. The van der Waals surface area contributed by atoms with E-state index in [1.165, 1.54) is 0 Å². The van der Waals surface area contributed by atoms with Gasteiger partial charge in [-0.1, -0.05) is 13.8 Å². The summed E-state index contributed by atoms with van der Waals surface area (Å²) in [6.45, 7) is 5.21. The lowest BCUT2D eigenvalue weighted by atomic mass is 10.3. The van der Waals surface area contributed by atoms with Crippen LogP contribution in [0.5, 0.6) is 0 Å². The molecule has 130 valence electrons. The Labute approximate surface area is 134 Å². The smallest absolute Gasteiger partial charge is 0.377 e. The predicted octanol–water partition coefficient (Wildman–Crippen LogP) is 1.02. The van der Waals surface area contributed by atoms with Crippen molar-refractivity contribution in [3.05, 3.63) is 0 Å². The first-order valence-electron chi connectivity index (χ1n) is 7.68. The summed E-state index contributed by atoms with van der Waals surface area (Å²) in [4.78, 5) is 24.9. The number of carbonyl (C=O) groups is 2. The molecule has 0 spiro atoms. The first kappa shape index (κ1) is 21.0. The highest BCUT2D eigenvalue weighted by molar-refractivity contribution is 6.60.